The van der Waals surface area contributed by atoms with Crippen molar-refractivity contribution in [3.63, 3.8) is 0 Å². The molecule has 2 aliphatic heterocycles. The van der Waals surface area contributed by atoms with Gasteiger partial charge in [-0.15, -0.1) is 0 Å². The van der Waals surface area contributed by atoms with E-state index in [1.807, 2.05) is 6.92 Å². The van der Waals surface area contributed by atoms with Gasteiger partial charge in [0.15, 0.2) is 0 Å². The summed E-state index contributed by atoms with van der Waals surface area (Å²) in [4.78, 5) is 20.6. The van der Waals surface area contributed by atoms with Gasteiger partial charge in [0.2, 0.25) is 0 Å². The molecular formula is C16H24O5. The number of aldehydes is 1. The molecule has 2 heterocycles. The summed E-state index contributed by atoms with van der Waals surface area (Å²) in [6, 6.07) is 0. The third-order valence-electron chi connectivity index (χ3n) is 3.64. The van der Waals surface area contributed by atoms with Crippen LogP contribution in [-0.4, -0.2) is 29.6 Å². The Kier molecular flexibility index (Phi) is 7.58. The molecule has 0 aromatic rings. The highest BCUT2D eigenvalue weighted by atomic mass is 16.5. The molecule has 0 amide bonds. The minimum absolute atomic E-state index is 0.220. The lowest BCUT2D eigenvalue weighted by Crippen LogP contribution is -2.16. The molecule has 1 N–H and O–H groups in total. The highest BCUT2D eigenvalue weighted by Gasteiger charge is 2.17. The van der Waals surface area contributed by atoms with E-state index in [1.54, 1.807) is 6.26 Å². The highest BCUT2D eigenvalue weighted by Crippen LogP contribution is 2.19. The van der Waals surface area contributed by atoms with E-state index >= 15 is 0 Å². The first-order valence-electron chi connectivity index (χ1n) is 7.48. The van der Waals surface area contributed by atoms with Crippen molar-refractivity contribution in [1.29, 1.82) is 0 Å². The van der Waals surface area contributed by atoms with Crippen LogP contribution in [0, 0.1) is 0 Å². The summed E-state index contributed by atoms with van der Waals surface area (Å²) in [5, 5.41) is 8.55. The number of carbonyl (C=O) groups is 2. The van der Waals surface area contributed by atoms with E-state index in [1.165, 1.54) is 6.26 Å². The zero-order chi connectivity index (χ0) is 15.7. The number of carboxylic acid groups (broad SMARTS) is 1. The number of hydrogen-bond acceptors (Lipinski definition) is 4. The van der Waals surface area contributed by atoms with Crippen LogP contribution in [0.4, 0.5) is 0 Å². The van der Waals surface area contributed by atoms with Gasteiger partial charge in [-0.3, -0.25) is 4.79 Å². The maximum Gasteiger partial charge on any atom is 0.334 e. The molecule has 2 aliphatic rings. The quantitative estimate of drug-likeness (QED) is 0.806. The van der Waals surface area contributed by atoms with Gasteiger partial charge in [-0.2, -0.15) is 0 Å². The Balaban J connectivity index is 0.000000211. The zero-order valence-electron chi connectivity index (χ0n) is 12.7. The molecule has 0 radical (unpaired) electrons. The predicted molar refractivity (Wildman–Crippen MR) is 78.7 cm³/mol. The molecule has 0 fully saturated rings. The van der Waals surface area contributed by atoms with Crippen LogP contribution in [0.25, 0.3) is 0 Å². The Morgan fingerprint density at radius 3 is 2.10 bits per heavy atom. The molecule has 0 aromatic heterocycles. The normalized spacial score (nSPS) is 24.3. The van der Waals surface area contributed by atoms with E-state index in [0.717, 1.165) is 44.0 Å². The molecule has 21 heavy (non-hydrogen) atoms. The Bertz CT molecular complexity index is 411. The number of ether oxygens (including phenoxy) is 2. The fourth-order valence-electron chi connectivity index (χ4n) is 2.10. The fourth-order valence-corrected chi connectivity index (χ4v) is 2.10. The monoisotopic (exact) mass is 296 g/mol. The molecule has 2 rings (SSSR count). The van der Waals surface area contributed by atoms with Crippen molar-refractivity contribution in [3.8, 4) is 0 Å². The van der Waals surface area contributed by atoms with Gasteiger partial charge >= 0.3 is 5.97 Å². The topological polar surface area (TPSA) is 72.8 Å². The number of hydrogen-bond donors (Lipinski definition) is 1. The van der Waals surface area contributed by atoms with Gasteiger partial charge in [-0.05, 0) is 38.5 Å². The predicted octanol–water partition coefficient (Wildman–Crippen LogP) is 3.20. The van der Waals surface area contributed by atoms with Gasteiger partial charge in [-0.25, -0.2) is 4.79 Å². The lowest BCUT2D eigenvalue weighted by atomic mass is 10.0. The van der Waals surface area contributed by atoms with Crippen LogP contribution >= 0.6 is 0 Å². The largest absolute Gasteiger partial charge is 0.498 e. The van der Waals surface area contributed by atoms with Crippen LogP contribution in [0.3, 0.4) is 0 Å². The lowest BCUT2D eigenvalue weighted by molar-refractivity contribution is -0.133. The van der Waals surface area contributed by atoms with Gasteiger partial charge < -0.3 is 14.6 Å². The van der Waals surface area contributed by atoms with E-state index in [-0.39, 0.29) is 6.10 Å². The molecule has 118 valence electrons. The molecule has 0 saturated heterocycles. The molecule has 0 saturated carbocycles. The third-order valence-corrected chi connectivity index (χ3v) is 3.64. The number of rotatable bonds is 4. The van der Waals surface area contributed by atoms with Gasteiger partial charge in [-0.1, -0.05) is 13.8 Å². The van der Waals surface area contributed by atoms with E-state index in [4.69, 9.17) is 14.6 Å². The summed E-state index contributed by atoms with van der Waals surface area (Å²) in [6.45, 7) is 4.12. The average Bonchev–Trinajstić information content (AvgIpc) is 2.55. The molecule has 5 nitrogen and oxygen atoms in total. The Morgan fingerprint density at radius 2 is 1.76 bits per heavy atom. The number of carboxylic acids is 1. The smallest absolute Gasteiger partial charge is 0.334 e. The molecule has 5 heteroatoms. The Morgan fingerprint density at radius 1 is 1.19 bits per heavy atom. The van der Waals surface area contributed by atoms with E-state index in [2.05, 4.69) is 6.92 Å². The van der Waals surface area contributed by atoms with Crippen molar-refractivity contribution in [3.05, 3.63) is 23.7 Å². The van der Waals surface area contributed by atoms with Crippen LogP contribution in [0.2, 0.25) is 0 Å². The van der Waals surface area contributed by atoms with Crippen LogP contribution in [0.5, 0.6) is 0 Å². The standard InChI is InChI=1S/C8H12O3.C8H12O2/c1-2-7-4-3-6(5-11-7)8(9)10;1-2-8-4-3-7(5-9)6-10-8/h5,7H,2-4H2,1H3,(H,9,10);5-6,8H,2-4H2,1H3. The molecule has 0 aromatic carbocycles. The maximum absolute atomic E-state index is 10.4. The fraction of sp³-hybridized carbons (Fsp3) is 0.625. The lowest BCUT2D eigenvalue weighted by Gasteiger charge is -2.19. The first-order chi connectivity index (χ1) is 10.1. The molecule has 0 spiro atoms. The van der Waals surface area contributed by atoms with E-state index in [0.29, 0.717) is 18.1 Å². The SMILES string of the molecule is CCC1CCC(C(=O)O)=CO1.CCC1CCC(C=O)=CO1. The highest BCUT2D eigenvalue weighted by molar-refractivity contribution is 5.86. The molecule has 2 unspecified atom stereocenters. The summed E-state index contributed by atoms with van der Waals surface area (Å²) in [5.74, 6) is -0.862. The van der Waals surface area contributed by atoms with Crippen LogP contribution in [0.15, 0.2) is 23.7 Å². The third kappa shape index (κ3) is 6.02. The average molecular weight is 296 g/mol. The second-order valence-corrected chi connectivity index (χ2v) is 5.17. The summed E-state index contributed by atoms with van der Waals surface area (Å²) in [6.07, 6.45) is 9.69. The first-order valence-corrected chi connectivity index (χ1v) is 7.48. The van der Waals surface area contributed by atoms with Crippen molar-refractivity contribution in [2.75, 3.05) is 0 Å². The van der Waals surface area contributed by atoms with Crippen LogP contribution in [-0.2, 0) is 19.1 Å². The number of carbonyl (C=O) groups excluding carboxylic acids is 1. The molecule has 0 bridgehead atoms. The van der Waals surface area contributed by atoms with Crippen molar-refractivity contribution in [2.45, 2.75) is 64.6 Å². The maximum atomic E-state index is 10.4. The summed E-state index contributed by atoms with van der Waals surface area (Å²) in [5.41, 5.74) is 1.17. The van der Waals surface area contributed by atoms with Crippen molar-refractivity contribution in [2.24, 2.45) is 0 Å². The number of aliphatic carboxylic acids is 1. The van der Waals surface area contributed by atoms with Crippen molar-refractivity contribution in [1.82, 2.24) is 0 Å². The molecular weight excluding hydrogens is 272 g/mol. The Hall–Kier alpha value is -1.78. The second-order valence-electron chi connectivity index (χ2n) is 5.17. The minimum atomic E-state index is -0.862. The van der Waals surface area contributed by atoms with E-state index < -0.39 is 5.97 Å². The summed E-state index contributed by atoms with van der Waals surface area (Å²) in [7, 11) is 0. The van der Waals surface area contributed by atoms with Crippen molar-refractivity contribution >= 4 is 12.3 Å². The number of allylic oxidation sites excluding steroid dienone is 1. The van der Waals surface area contributed by atoms with E-state index in [9.17, 15) is 9.59 Å². The molecule has 0 aliphatic carbocycles. The van der Waals surface area contributed by atoms with Crippen LogP contribution < -0.4 is 0 Å². The van der Waals surface area contributed by atoms with Crippen molar-refractivity contribution < 1.29 is 24.2 Å². The van der Waals surface area contributed by atoms with Gasteiger partial charge in [0.05, 0.1) is 30.3 Å². The summed E-state index contributed by atoms with van der Waals surface area (Å²) < 4.78 is 10.4. The van der Waals surface area contributed by atoms with Gasteiger partial charge in [0.1, 0.15) is 6.29 Å². The first kappa shape index (κ1) is 17.3. The summed E-state index contributed by atoms with van der Waals surface area (Å²) >= 11 is 0. The Labute approximate surface area is 125 Å². The second kappa shape index (κ2) is 9.21. The molecule has 2 atom stereocenters. The van der Waals surface area contributed by atoms with Gasteiger partial charge in [0, 0.05) is 5.57 Å². The minimum Gasteiger partial charge on any atom is -0.498 e. The van der Waals surface area contributed by atoms with Gasteiger partial charge in [0.25, 0.3) is 0 Å². The zero-order valence-corrected chi connectivity index (χ0v) is 12.7. The van der Waals surface area contributed by atoms with Crippen LogP contribution in [0.1, 0.15) is 52.4 Å².